The molecule has 64 heavy (non-hydrogen) atoms. The molecular formula is C31H18ClFN10Na4O13S4. The predicted octanol–water partition coefficient (Wildman–Crippen LogP) is -6.94. The number of aromatic nitrogens is 3. The van der Waals surface area contributed by atoms with Gasteiger partial charge in [0.2, 0.25) is 11.9 Å². The number of fused-ring (bicyclic) bond motifs is 1. The normalized spacial score (nSPS) is 11.9. The van der Waals surface area contributed by atoms with Crippen molar-refractivity contribution in [3.8, 4) is 5.75 Å². The number of anilines is 5. The number of hydrogen-bond donors (Lipinski definition) is 4. The van der Waals surface area contributed by atoms with E-state index >= 15 is 0 Å². The summed E-state index contributed by atoms with van der Waals surface area (Å²) >= 11 is 5.97. The molecule has 6 aromatic rings. The van der Waals surface area contributed by atoms with Gasteiger partial charge in [0, 0.05) is 16.4 Å². The van der Waals surface area contributed by atoms with Crippen molar-refractivity contribution in [1.29, 1.82) is 0 Å². The minimum absolute atomic E-state index is 0. The van der Waals surface area contributed by atoms with Crippen LogP contribution >= 0.6 is 11.6 Å². The summed E-state index contributed by atoms with van der Waals surface area (Å²) in [5.41, 5.74) is 2.15. The van der Waals surface area contributed by atoms with Crippen LogP contribution < -0.4 is 135 Å². The molecule has 0 saturated heterocycles. The Morgan fingerprint density at radius 1 is 0.609 bits per heavy atom. The maximum absolute atomic E-state index is 14.4. The van der Waals surface area contributed by atoms with E-state index in [0.717, 1.165) is 36.4 Å². The molecule has 0 atom stereocenters. The Hall–Kier alpha value is -2.37. The summed E-state index contributed by atoms with van der Waals surface area (Å²) in [6, 6.07) is 13.2. The first kappa shape index (κ1) is 57.8. The summed E-state index contributed by atoms with van der Waals surface area (Å²) in [7, 11) is -21.5. The Kier molecular flexibility index (Phi) is 20.4. The number of phenolic OH excluding ortho intramolecular Hbond substituents is 1. The van der Waals surface area contributed by atoms with Crippen LogP contribution in [0.25, 0.3) is 10.8 Å². The van der Waals surface area contributed by atoms with E-state index in [-0.39, 0.29) is 136 Å². The van der Waals surface area contributed by atoms with E-state index in [1.807, 2.05) is 0 Å². The van der Waals surface area contributed by atoms with Crippen LogP contribution in [0.15, 0.2) is 119 Å². The van der Waals surface area contributed by atoms with Gasteiger partial charge in [-0.15, -0.1) is 15.3 Å². The maximum Gasteiger partial charge on any atom is 1.00 e. The molecule has 0 aliphatic rings. The van der Waals surface area contributed by atoms with Crippen molar-refractivity contribution in [2.45, 2.75) is 19.6 Å². The summed E-state index contributed by atoms with van der Waals surface area (Å²) in [6.45, 7) is 0. The summed E-state index contributed by atoms with van der Waals surface area (Å²) in [6.07, 6.45) is -1.29. The van der Waals surface area contributed by atoms with Crippen molar-refractivity contribution >= 4 is 115 Å². The number of phenols is 1. The van der Waals surface area contributed by atoms with Crippen LogP contribution in [-0.2, 0) is 40.5 Å². The van der Waals surface area contributed by atoms with E-state index in [2.05, 4.69) is 46.0 Å². The number of aromatic hydroxyl groups is 1. The molecule has 0 saturated carbocycles. The fraction of sp³-hybridized carbons (Fsp3) is 0. The summed E-state index contributed by atoms with van der Waals surface area (Å²) in [4.78, 5) is 6.61. The van der Waals surface area contributed by atoms with Gasteiger partial charge in [-0.1, -0.05) is 17.7 Å². The molecule has 0 radical (unpaired) electrons. The average molecular weight is 1010 g/mol. The second-order valence-corrected chi connectivity index (χ2v) is 17.6. The molecule has 33 heteroatoms. The van der Waals surface area contributed by atoms with E-state index < -0.39 is 111 Å². The molecule has 1 aromatic heterocycles. The minimum Gasteiger partial charge on any atom is -0.744 e. The molecule has 0 unspecified atom stereocenters. The number of nitrogens with two attached hydrogens (primary N) is 1. The molecule has 5 aromatic carbocycles. The van der Waals surface area contributed by atoms with Gasteiger partial charge >= 0.3 is 124 Å². The van der Waals surface area contributed by atoms with E-state index in [1.54, 1.807) is 18.2 Å². The Morgan fingerprint density at radius 3 is 1.64 bits per heavy atom. The number of nitrogen functional groups attached to an aromatic ring is 1. The summed E-state index contributed by atoms with van der Waals surface area (Å²) in [5, 5.41) is 29.9. The Labute approximate surface area is 455 Å². The molecule has 5 N–H and O–H groups in total. The first-order valence-corrected chi connectivity index (χ1v) is 21.6. The number of nitrogens with one attached hydrogen (secondary N) is 2. The monoisotopic (exact) mass is 1010 g/mol. The van der Waals surface area contributed by atoms with Gasteiger partial charge in [0.15, 0.2) is 5.75 Å². The number of benzene rings is 5. The van der Waals surface area contributed by atoms with Crippen molar-refractivity contribution in [3.05, 3.63) is 90.0 Å². The number of halogens is 2. The van der Waals surface area contributed by atoms with Crippen LogP contribution in [0.3, 0.4) is 0 Å². The third kappa shape index (κ3) is 14.1. The average Bonchev–Trinajstić information content (AvgIpc) is 3.12. The molecule has 312 valence electrons. The molecule has 0 aliphatic carbocycles. The number of hydrogen-bond acceptors (Lipinski definition) is 23. The fourth-order valence-corrected chi connectivity index (χ4v) is 7.71. The van der Waals surface area contributed by atoms with Gasteiger partial charge in [-0.25, -0.2) is 33.7 Å². The predicted molar refractivity (Wildman–Crippen MR) is 201 cm³/mol. The standard InChI is InChI=1S/C31H22ClFN10O13S4.4Na/c32-15-2-1-3-17(12-15)35-30-37-29(33)38-31(39-30)36-18-6-9-21(58(48,49)50)20(13-18)41-43-27-23(60(54,55)56)11-14-10-22(59(51,52)53)26(25(34)24(14)28(27)44)42-40-16-4-7-19(8-5-16)57(45,46)47;;;;/h1-13,44H,34H2,(H,45,46,47)(H,48,49,50)(H,51,52,53)(H,54,55,56)(H2,35,36,37,38,39);;;;/q;4*+1/p-4. The molecule has 0 amide bonds. The van der Waals surface area contributed by atoms with Crippen LogP contribution in [0.1, 0.15) is 0 Å². The van der Waals surface area contributed by atoms with E-state index in [1.165, 1.54) is 6.07 Å². The number of azo groups is 2. The van der Waals surface area contributed by atoms with Crippen molar-refractivity contribution in [2.24, 2.45) is 20.5 Å². The number of nitrogens with zero attached hydrogens (tertiary/aromatic N) is 7. The zero-order chi connectivity index (χ0) is 43.9. The van der Waals surface area contributed by atoms with Crippen LogP contribution in [0, 0.1) is 6.08 Å². The van der Waals surface area contributed by atoms with Gasteiger partial charge in [-0.05, 0) is 78.2 Å². The van der Waals surface area contributed by atoms with Gasteiger partial charge in [-0.2, -0.15) is 24.5 Å². The van der Waals surface area contributed by atoms with Gasteiger partial charge in [0.1, 0.15) is 57.5 Å². The third-order valence-corrected chi connectivity index (χ3v) is 11.3. The van der Waals surface area contributed by atoms with Crippen LogP contribution in [0.2, 0.25) is 5.02 Å². The quantitative estimate of drug-likeness (QED) is 0.0383. The molecule has 0 spiro atoms. The van der Waals surface area contributed by atoms with Gasteiger partial charge in [0.25, 0.3) is 0 Å². The first-order chi connectivity index (χ1) is 27.9. The fourth-order valence-electron chi connectivity index (χ4n) is 5.15. The molecular weight excluding hydrogens is 995 g/mol. The second-order valence-electron chi connectivity index (χ2n) is 11.7. The van der Waals surface area contributed by atoms with Gasteiger partial charge in [-0.3, -0.25) is 0 Å². The minimum atomic E-state index is -5.71. The SMILES string of the molecule is Nc1c(N=Nc2ccc(S(=O)(=O)[O-])cc2)c(S(=O)(=O)[O-])cc2cc(S(=O)(=O)[O-])c(N=Nc3cc(Nc4nc(F)nc(Nc5cccc(Cl)c5)n4)ccc3S(=O)(=O)[O-])c(O)c12.[Na+].[Na+].[Na+].[Na+]. The number of rotatable bonds is 12. The van der Waals surface area contributed by atoms with Gasteiger partial charge in [0.05, 0.1) is 36.3 Å². The van der Waals surface area contributed by atoms with Crippen molar-refractivity contribution in [1.82, 2.24) is 15.0 Å². The molecule has 6 rings (SSSR count). The topological polar surface area (TPSA) is 387 Å². The van der Waals surface area contributed by atoms with Crippen molar-refractivity contribution in [3.63, 3.8) is 0 Å². The molecule has 0 aliphatic heterocycles. The van der Waals surface area contributed by atoms with Crippen LogP contribution in [0.5, 0.6) is 5.75 Å². The van der Waals surface area contributed by atoms with Crippen LogP contribution in [-0.4, -0.2) is 71.9 Å². The van der Waals surface area contributed by atoms with E-state index in [4.69, 9.17) is 17.3 Å². The third-order valence-electron chi connectivity index (χ3n) is 7.67. The molecule has 23 nitrogen and oxygen atoms in total. The molecule has 1 heterocycles. The largest absolute Gasteiger partial charge is 1.00 e. The Balaban J connectivity index is 0.00000352. The zero-order valence-electron chi connectivity index (χ0n) is 32.9. The summed E-state index contributed by atoms with van der Waals surface area (Å²) < 4.78 is 159. The van der Waals surface area contributed by atoms with E-state index in [9.17, 15) is 61.4 Å². The van der Waals surface area contributed by atoms with Crippen molar-refractivity contribution < 1.29 is 180 Å². The second kappa shape index (κ2) is 22.6. The van der Waals surface area contributed by atoms with Crippen LogP contribution in [0.4, 0.5) is 56.1 Å². The smallest absolute Gasteiger partial charge is 0.744 e. The Morgan fingerprint density at radius 2 is 1.12 bits per heavy atom. The van der Waals surface area contributed by atoms with Crippen molar-refractivity contribution in [2.75, 3.05) is 16.4 Å². The zero-order valence-corrected chi connectivity index (χ0v) is 45.0. The molecule has 0 fully saturated rings. The first-order valence-electron chi connectivity index (χ1n) is 15.6. The van der Waals surface area contributed by atoms with Gasteiger partial charge < -0.3 is 39.7 Å². The Bertz CT molecular complexity index is 3290. The maximum atomic E-state index is 14.4. The molecule has 0 bridgehead atoms. The summed E-state index contributed by atoms with van der Waals surface area (Å²) in [5.74, 6) is -2.12. The van der Waals surface area contributed by atoms with E-state index in [0.29, 0.717) is 28.9 Å².